The number of aliphatic hydroxyl groups is 5. The second kappa shape index (κ2) is 24.1. The highest BCUT2D eigenvalue weighted by molar-refractivity contribution is 6.01. The molecule has 6 rings (SSSR count). The van der Waals surface area contributed by atoms with Gasteiger partial charge in [-0.3, -0.25) is 4.79 Å². The monoisotopic (exact) mass is 1060 g/mol. The number of likely N-dealkylation sites (N-methyl/N-ethyl adjacent to an activating group) is 2. The first-order valence-electron chi connectivity index (χ1n) is 26.1. The van der Waals surface area contributed by atoms with Crippen molar-refractivity contribution in [3.63, 3.8) is 0 Å². The van der Waals surface area contributed by atoms with E-state index in [0.717, 1.165) is 12.1 Å². The van der Waals surface area contributed by atoms with Crippen molar-refractivity contribution in [3.8, 4) is 0 Å². The normalized spacial score (nSPS) is 40.5. The molecule has 5 N–H and O–H groups in total. The Morgan fingerprint density at radius 3 is 2.35 bits per heavy atom. The van der Waals surface area contributed by atoms with Crippen LogP contribution in [0.25, 0.3) is 0 Å². The fourth-order valence-corrected chi connectivity index (χ4v) is 11.4. The molecule has 0 saturated carbocycles. The van der Waals surface area contributed by atoms with E-state index in [0.29, 0.717) is 42.9 Å². The van der Waals surface area contributed by atoms with Gasteiger partial charge < -0.3 is 68.6 Å². The van der Waals surface area contributed by atoms with Crippen LogP contribution in [0.4, 0.5) is 13.2 Å². The molecule has 19 atom stereocenters. The van der Waals surface area contributed by atoms with E-state index in [9.17, 15) is 43.5 Å². The molecule has 0 aliphatic carbocycles. The molecule has 0 amide bonds. The molecule has 4 aliphatic heterocycles. The number of esters is 1. The van der Waals surface area contributed by atoms with Gasteiger partial charge in [-0.15, -0.1) is 5.10 Å². The van der Waals surface area contributed by atoms with Crippen LogP contribution in [-0.2, 0) is 57.2 Å². The van der Waals surface area contributed by atoms with Crippen molar-refractivity contribution in [2.24, 2.45) is 22.9 Å². The molecule has 3 fully saturated rings. The SMILES string of the molecule is CC[C@H]1OC(=O)[C@H](C)[C@@H](O[C@H]2C[C@@](C)(OC)[C@@H](O)[C@H](C)O2)[C@H](C)[C@@H](O[C@@H]2O[C@H](C)C[C@H](N(C)CCc3cn(C[C@H]4CC(c5cccc(C(F)(F)F)c5)=NO4)nn3)[C@H]2O)[C@](C)(O)C[C@@H](C)CN(C)[C@H](C)[C@@H](O)[C@]1(C)O. The summed E-state index contributed by atoms with van der Waals surface area (Å²) in [6.45, 7) is 18.4. The van der Waals surface area contributed by atoms with Crippen molar-refractivity contribution in [2.75, 3.05) is 34.3 Å². The number of carbonyl (C=O) groups is 1. The van der Waals surface area contributed by atoms with Gasteiger partial charge in [-0.25, -0.2) is 4.68 Å². The van der Waals surface area contributed by atoms with Crippen LogP contribution in [0.3, 0.4) is 0 Å². The molecule has 0 spiro atoms. The minimum absolute atomic E-state index is 0.0745. The number of nitrogens with zero attached hydrogens (tertiary/aromatic N) is 6. The third kappa shape index (κ3) is 13.8. The average molecular weight is 1060 g/mol. The Kier molecular flexibility index (Phi) is 19.5. The van der Waals surface area contributed by atoms with Crippen LogP contribution >= 0.6 is 0 Å². The number of cyclic esters (lactones) is 1. The smallest absolute Gasteiger partial charge is 0.416 e. The summed E-state index contributed by atoms with van der Waals surface area (Å²) < 4.78 is 79.8. The van der Waals surface area contributed by atoms with Gasteiger partial charge in [0, 0.05) is 69.2 Å². The number of hydrogen-bond donors (Lipinski definition) is 5. The highest BCUT2D eigenvalue weighted by atomic mass is 19.4. The van der Waals surface area contributed by atoms with Crippen LogP contribution < -0.4 is 0 Å². The third-order valence-corrected chi connectivity index (χ3v) is 16.1. The molecule has 420 valence electrons. The molecule has 0 bridgehead atoms. The Hall–Kier alpha value is -3.39. The largest absolute Gasteiger partial charge is 0.459 e. The van der Waals surface area contributed by atoms with Gasteiger partial charge in [0.1, 0.15) is 30.0 Å². The number of aliphatic hydroxyl groups excluding tert-OH is 3. The Morgan fingerprint density at radius 2 is 1.69 bits per heavy atom. The first-order chi connectivity index (χ1) is 34.5. The Morgan fingerprint density at radius 1 is 0.986 bits per heavy atom. The first kappa shape index (κ1) is 59.8. The molecule has 0 unspecified atom stereocenters. The average Bonchev–Trinajstić information content (AvgIpc) is 4.01. The Balaban J connectivity index is 1.22. The standard InChI is InChI=1S/C52H83F3N6O13/c1-14-40-51(10,67)44(63)32(6)60(12)25-28(2)23-49(8,66)46(30(4)43(31(5)47(65)71-40)72-41-24-50(9,68-13)45(64)33(7)70-41)73-48-42(62)39(20-29(3)69-48)59(11)19-18-36-26-61(58-56-36)27-37-22-38(57-74-37)34-16-15-17-35(21-34)52(53,54)55/h15-17,21,26,28-33,37,39-46,48,62-64,66-67H,14,18-20,22-25,27H2,1-13H3/t28-,29-,30+,31-,32-,33+,37-,39+,40-,41+,42-,43+,44-,45+,46-,48+,49-,50-,51-/m1/s1. The van der Waals surface area contributed by atoms with E-state index in [1.54, 1.807) is 65.4 Å². The summed E-state index contributed by atoms with van der Waals surface area (Å²) in [5.74, 6) is -2.91. The number of ether oxygens (including phenoxy) is 6. The number of oxime groups is 1. The number of methoxy groups -OCH3 is 1. The predicted octanol–water partition coefficient (Wildman–Crippen LogP) is 4.32. The summed E-state index contributed by atoms with van der Waals surface area (Å²) in [5.41, 5.74) is -3.98. The maximum Gasteiger partial charge on any atom is 0.416 e. The summed E-state index contributed by atoms with van der Waals surface area (Å²) in [5, 5.41) is 72.3. The van der Waals surface area contributed by atoms with Gasteiger partial charge in [-0.2, -0.15) is 13.2 Å². The number of alkyl halides is 3. The number of benzene rings is 1. The molecule has 0 radical (unpaired) electrons. The molecule has 1 aromatic heterocycles. The van der Waals surface area contributed by atoms with E-state index in [4.69, 9.17) is 33.3 Å². The van der Waals surface area contributed by atoms with Gasteiger partial charge in [0.25, 0.3) is 0 Å². The number of aromatic nitrogens is 3. The summed E-state index contributed by atoms with van der Waals surface area (Å²) in [6.07, 6.45) is -12.0. The highest BCUT2D eigenvalue weighted by Crippen LogP contribution is 2.41. The first-order valence-corrected chi connectivity index (χ1v) is 26.1. The second-order valence-electron chi connectivity index (χ2n) is 22.4. The van der Waals surface area contributed by atoms with Crippen LogP contribution in [0.5, 0.6) is 0 Å². The van der Waals surface area contributed by atoms with Gasteiger partial charge in [0.15, 0.2) is 18.7 Å². The fourth-order valence-electron chi connectivity index (χ4n) is 11.4. The van der Waals surface area contributed by atoms with Crippen LogP contribution in [0.1, 0.15) is 118 Å². The van der Waals surface area contributed by atoms with Gasteiger partial charge in [-0.1, -0.05) is 43.3 Å². The van der Waals surface area contributed by atoms with Gasteiger partial charge >= 0.3 is 12.1 Å². The molecule has 74 heavy (non-hydrogen) atoms. The Bertz CT molecular complexity index is 2190. The lowest BCUT2D eigenvalue weighted by atomic mass is 9.77. The second-order valence-corrected chi connectivity index (χ2v) is 22.4. The fraction of sp³-hybridized carbons (Fsp3) is 0.808. The van der Waals surface area contributed by atoms with Crippen LogP contribution in [-0.4, -0.2) is 193 Å². The molecule has 22 heteroatoms. The molecule has 3 saturated heterocycles. The molecular formula is C52H83F3N6O13. The zero-order valence-corrected chi connectivity index (χ0v) is 45.3. The molecule has 5 heterocycles. The van der Waals surface area contributed by atoms with Crippen LogP contribution in [0, 0.1) is 17.8 Å². The van der Waals surface area contributed by atoms with E-state index in [-0.39, 0.29) is 38.1 Å². The summed E-state index contributed by atoms with van der Waals surface area (Å²) in [7, 11) is 5.18. The molecule has 2 aromatic rings. The maximum atomic E-state index is 14.5. The summed E-state index contributed by atoms with van der Waals surface area (Å²) >= 11 is 0. The van der Waals surface area contributed by atoms with E-state index in [1.165, 1.54) is 20.1 Å². The minimum atomic E-state index is -4.48. The third-order valence-electron chi connectivity index (χ3n) is 16.1. The zero-order chi connectivity index (χ0) is 54.8. The summed E-state index contributed by atoms with van der Waals surface area (Å²) in [4.78, 5) is 23.9. The topological polar surface area (TPSA) is 232 Å². The Labute approximate surface area is 433 Å². The lowest BCUT2D eigenvalue weighted by molar-refractivity contribution is -0.318. The van der Waals surface area contributed by atoms with E-state index in [2.05, 4.69) is 15.5 Å². The van der Waals surface area contributed by atoms with Gasteiger partial charge in [0.05, 0.1) is 65.0 Å². The number of halogens is 3. The van der Waals surface area contributed by atoms with Crippen molar-refractivity contribution in [1.29, 1.82) is 0 Å². The van der Waals surface area contributed by atoms with E-state index in [1.807, 2.05) is 37.7 Å². The molecule has 4 aliphatic rings. The van der Waals surface area contributed by atoms with Crippen molar-refractivity contribution in [3.05, 3.63) is 47.3 Å². The summed E-state index contributed by atoms with van der Waals surface area (Å²) in [6, 6.07) is 3.89. The number of carbonyl (C=O) groups excluding carboxylic acids is 1. The molecule has 19 nitrogen and oxygen atoms in total. The van der Waals surface area contributed by atoms with Crippen molar-refractivity contribution in [2.45, 2.75) is 217 Å². The molecular weight excluding hydrogens is 974 g/mol. The lowest BCUT2D eigenvalue weighted by Gasteiger charge is -2.49. The van der Waals surface area contributed by atoms with Gasteiger partial charge in [-0.05, 0) is 99.9 Å². The van der Waals surface area contributed by atoms with E-state index >= 15 is 0 Å². The van der Waals surface area contributed by atoms with Crippen molar-refractivity contribution < 1.29 is 76.8 Å². The van der Waals surface area contributed by atoms with Crippen molar-refractivity contribution in [1.82, 2.24) is 24.8 Å². The molecule has 1 aromatic carbocycles. The predicted molar refractivity (Wildman–Crippen MR) is 264 cm³/mol. The van der Waals surface area contributed by atoms with Crippen LogP contribution in [0.2, 0.25) is 0 Å². The minimum Gasteiger partial charge on any atom is -0.459 e. The highest BCUT2D eigenvalue weighted by Gasteiger charge is 2.53. The number of rotatable bonds is 13. The van der Waals surface area contributed by atoms with Gasteiger partial charge in [0.2, 0.25) is 0 Å². The van der Waals surface area contributed by atoms with Crippen LogP contribution in [0.15, 0.2) is 35.6 Å². The maximum absolute atomic E-state index is 14.5. The van der Waals surface area contributed by atoms with Crippen molar-refractivity contribution >= 4 is 11.7 Å². The quantitative estimate of drug-likeness (QED) is 0.176. The van der Waals surface area contributed by atoms with E-state index < -0.39 is 126 Å². The zero-order valence-electron chi connectivity index (χ0n) is 45.3. The lowest BCUT2D eigenvalue weighted by Crippen LogP contribution is -2.61. The number of hydrogen-bond acceptors (Lipinski definition) is 18.